The van der Waals surface area contributed by atoms with Crippen LogP contribution in [-0.2, 0) is 11.8 Å². The van der Waals surface area contributed by atoms with Crippen LogP contribution in [0.4, 0.5) is 0 Å². The maximum Gasteiger partial charge on any atom is 0.317 e. The van der Waals surface area contributed by atoms with Crippen molar-refractivity contribution >= 4 is 11.8 Å². The molecule has 1 fully saturated rings. The van der Waals surface area contributed by atoms with E-state index in [-0.39, 0.29) is 17.9 Å². The van der Waals surface area contributed by atoms with Gasteiger partial charge in [0.2, 0.25) is 5.91 Å². The number of unbranched alkanes of at least 4 members (excludes halogenated alkanes) is 1. The number of aryl methyl sites for hydroxylation is 2. The van der Waals surface area contributed by atoms with Crippen LogP contribution >= 0.6 is 0 Å². The molecule has 0 spiro atoms. The Morgan fingerprint density at radius 1 is 1.00 bits per heavy atom. The third kappa shape index (κ3) is 12.3. The summed E-state index contributed by atoms with van der Waals surface area (Å²) in [7, 11) is 1.84. The largest absolute Gasteiger partial charge is 0.345 e. The van der Waals surface area contributed by atoms with Gasteiger partial charge in [-0.2, -0.15) is 4.57 Å². The molecule has 1 aromatic rings. The molecular formula is C32H47N4O2+. The number of likely N-dealkylation sites (tertiary alicyclic amines) is 1. The van der Waals surface area contributed by atoms with Crippen LogP contribution in [-0.4, -0.2) is 40.8 Å². The lowest BCUT2D eigenvalue weighted by Gasteiger charge is -2.24. The van der Waals surface area contributed by atoms with E-state index in [1.807, 2.05) is 25.1 Å². The number of amides is 2. The van der Waals surface area contributed by atoms with Gasteiger partial charge in [0.1, 0.15) is 18.9 Å². The SMILES string of the molecule is CC/C=C\C/C=C\C/C=C\C/C=C\C/C=C\CCCC(=O)N1CCC[C@H]1CNC(=O)c1cnc(C)c[n+]1C. The highest BCUT2D eigenvalue weighted by Gasteiger charge is 2.29. The van der Waals surface area contributed by atoms with Gasteiger partial charge in [0.25, 0.3) is 5.69 Å². The van der Waals surface area contributed by atoms with Crippen molar-refractivity contribution in [2.45, 2.75) is 84.1 Å². The average Bonchev–Trinajstić information content (AvgIpc) is 3.38. The molecule has 1 saturated heterocycles. The van der Waals surface area contributed by atoms with Crippen molar-refractivity contribution in [2.75, 3.05) is 13.1 Å². The van der Waals surface area contributed by atoms with Gasteiger partial charge < -0.3 is 10.2 Å². The second-order valence-corrected chi connectivity index (χ2v) is 9.72. The molecule has 206 valence electrons. The standard InChI is InChI=1S/C32H46N4O2/c1-4-5-6-7-8-9-10-11-12-13-14-15-16-17-18-19-20-23-31(37)36-24-21-22-29(36)25-34-32(38)30-26-33-28(2)27-35(30)3/h5-6,8-9,11-12,14-15,17-18,26-27,29H,4,7,10,13,16,19-25H2,1-3H3/p+1/b6-5-,9-8-,12-11-,15-14-,18-17-/t29-/m0/s1. The first-order valence-corrected chi connectivity index (χ1v) is 14.2. The lowest BCUT2D eigenvalue weighted by molar-refractivity contribution is -0.674. The quantitative estimate of drug-likeness (QED) is 0.169. The molecule has 1 aromatic heterocycles. The summed E-state index contributed by atoms with van der Waals surface area (Å²) in [6.07, 6.45) is 34.6. The molecule has 1 aliphatic rings. The Labute approximate surface area is 229 Å². The molecule has 1 atom stereocenters. The summed E-state index contributed by atoms with van der Waals surface area (Å²) in [6.45, 7) is 5.30. The zero-order valence-corrected chi connectivity index (χ0v) is 23.6. The summed E-state index contributed by atoms with van der Waals surface area (Å²) >= 11 is 0. The number of hydrogen-bond acceptors (Lipinski definition) is 3. The number of nitrogens with one attached hydrogen (secondary N) is 1. The summed E-state index contributed by atoms with van der Waals surface area (Å²) < 4.78 is 1.78. The maximum atomic E-state index is 12.8. The van der Waals surface area contributed by atoms with Crippen molar-refractivity contribution in [1.82, 2.24) is 15.2 Å². The molecule has 6 nitrogen and oxygen atoms in total. The van der Waals surface area contributed by atoms with Gasteiger partial charge in [-0.25, -0.2) is 4.98 Å². The Hall–Kier alpha value is -3.28. The highest BCUT2D eigenvalue weighted by Crippen LogP contribution is 2.18. The lowest BCUT2D eigenvalue weighted by atomic mass is 10.1. The van der Waals surface area contributed by atoms with Crippen LogP contribution in [0, 0.1) is 6.92 Å². The summed E-state index contributed by atoms with van der Waals surface area (Å²) in [5, 5.41) is 2.99. The molecule has 0 unspecified atom stereocenters. The van der Waals surface area contributed by atoms with E-state index in [4.69, 9.17) is 0 Å². The van der Waals surface area contributed by atoms with Gasteiger partial charge in [0.05, 0.1) is 0 Å². The van der Waals surface area contributed by atoms with E-state index >= 15 is 0 Å². The van der Waals surface area contributed by atoms with Crippen LogP contribution in [0.3, 0.4) is 0 Å². The minimum atomic E-state index is -0.155. The molecule has 0 saturated carbocycles. The van der Waals surface area contributed by atoms with Crippen molar-refractivity contribution < 1.29 is 14.2 Å². The number of allylic oxidation sites excluding steroid dienone is 10. The molecule has 1 aliphatic heterocycles. The molecule has 0 aliphatic carbocycles. The number of hydrogen-bond donors (Lipinski definition) is 1. The van der Waals surface area contributed by atoms with Crippen molar-refractivity contribution in [3.63, 3.8) is 0 Å². The average molecular weight is 520 g/mol. The van der Waals surface area contributed by atoms with Crippen LogP contribution < -0.4 is 9.88 Å². The third-order valence-electron chi connectivity index (χ3n) is 6.50. The second-order valence-electron chi connectivity index (χ2n) is 9.72. The Balaban J connectivity index is 1.57. The first-order valence-electron chi connectivity index (χ1n) is 14.2. The van der Waals surface area contributed by atoms with E-state index in [0.717, 1.165) is 70.0 Å². The van der Waals surface area contributed by atoms with E-state index in [0.29, 0.717) is 18.7 Å². The Morgan fingerprint density at radius 3 is 2.21 bits per heavy atom. The van der Waals surface area contributed by atoms with Crippen LogP contribution in [0.15, 0.2) is 73.2 Å². The molecule has 0 radical (unpaired) electrons. The van der Waals surface area contributed by atoms with Crippen molar-refractivity contribution in [2.24, 2.45) is 7.05 Å². The molecule has 6 heteroatoms. The van der Waals surface area contributed by atoms with Crippen LogP contribution in [0.1, 0.15) is 87.3 Å². The highest BCUT2D eigenvalue weighted by atomic mass is 16.2. The smallest absolute Gasteiger partial charge is 0.317 e. The van der Waals surface area contributed by atoms with Gasteiger partial charge in [-0.1, -0.05) is 67.7 Å². The van der Waals surface area contributed by atoms with Crippen molar-refractivity contribution in [1.29, 1.82) is 0 Å². The van der Waals surface area contributed by atoms with E-state index in [9.17, 15) is 9.59 Å². The van der Waals surface area contributed by atoms with E-state index < -0.39 is 0 Å². The first-order chi connectivity index (χ1) is 18.5. The zero-order chi connectivity index (χ0) is 27.4. The van der Waals surface area contributed by atoms with Gasteiger partial charge in [-0.15, -0.1) is 0 Å². The molecule has 2 amide bonds. The minimum absolute atomic E-state index is 0.0730. The predicted molar refractivity (Wildman–Crippen MR) is 156 cm³/mol. The number of rotatable bonds is 16. The second kappa shape index (κ2) is 18.9. The first kappa shape index (κ1) is 30.9. The van der Waals surface area contributed by atoms with Gasteiger partial charge in [-0.3, -0.25) is 9.59 Å². The Kier molecular flexibility index (Phi) is 15.4. The summed E-state index contributed by atoms with van der Waals surface area (Å²) in [5.74, 6) is 0.0364. The van der Waals surface area contributed by atoms with Crippen LogP contribution in [0.2, 0.25) is 0 Å². The summed E-state index contributed by atoms with van der Waals surface area (Å²) in [4.78, 5) is 31.5. The fourth-order valence-corrected chi connectivity index (χ4v) is 4.42. The maximum absolute atomic E-state index is 12.8. The van der Waals surface area contributed by atoms with E-state index in [1.165, 1.54) is 0 Å². The normalized spacial score (nSPS) is 16.3. The minimum Gasteiger partial charge on any atom is -0.345 e. The van der Waals surface area contributed by atoms with Crippen LogP contribution in [0.5, 0.6) is 0 Å². The van der Waals surface area contributed by atoms with Crippen molar-refractivity contribution in [3.05, 3.63) is 84.5 Å². The fourth-order valence-electron chi connectivity index (χ4n) is 4.42. The van der Waals surface area contributed by atoms with E-state index in [2.05, 4.69) is 78.0 Å². The molecule has 38 heavy (non-hydrogen) atoms. The number of aromatic nitrogens is 2. The number of carbonyl (C=O) groups excluding carboxylic acids is 2. The van der Waals surface area contributed by atoms with Gasteiger partial charge in [0.15, 0.2) is 6.20 Å². The molecule has 0 bridgehead atoms. The summed E-state index contributed by atoms with van der Waals surface area (Å²) in [5.41, 5.74) is 1.38. The highest BCUT2D eigenvalue weighted by molar-refractivity contribution is 5.90. The molecule has 0 aromatic carbocycles. The topological polar surface area (TPSA) is 66.2 Å². The monoisotopic (exact) mass is 519 g/mol. The Morgan fingerprint density at radius 2 is 1.61 bits per heavy atom. The fraction of sp³-hybridized carbons (Fsp3) is 0.500. The van der Waals surface area contributed by atoms with Crippen molar-refractivity contribution in [3.8, 4) is 0 Å². The number of nitrogens with zero attached hydrogens (tertiary/aromatic N) is 3. The zero-order valence-electron chi connectivity index (χ0n) is 23.6. The predicted octanol–water partition coefficient (Wildman–Crippen LogP) is 5.86. The molecular weight excluding hydrogens is 472 g/mol. The summed E-state index contributed by atoms with van der Waals surface area (Å²) in [6, 6.07) is 0.0730. The molecule has 1 N–H and O–H groups in total. The molecule has 2 heterocycles. The van der Waals surface area contributed by atoms with E-state index in [1.54, 1.807) is 10.8 Å². The number of carbonyl (C=O) groups is 2. The Bertz CT molecular complexity index is 1010. The van der Waals surface area contributed by atoms with Gasteiger partial charge >= 0.3 is 5.91 Å². The molecule has 2 rings (SSSR count). The van der Waals surface area contributed by atoms with Crippen LogP contribution in [0.25, 0.3) is 0 Å². The lowest BCUT2D eigenvalue weighted by Crippen LogP contribution is -2.46. The third-order valence-corrected chi connectivity index (χ3v) is 6.50. The van der Waals surface area contributed by atoms with Gasteiger partial charge in [-0.05, 0) is 64.7 Å². The van der Waals surface area contributed by atoms with Gasteiger partial charge in [0, 0.05) is 25.6 Å².